The van der Waals surface area contributed by atoms with Gasteiger partial charge in [-0.05, 0) is 45.2 Å². The molecule has 2 fully saturated rings. The van der Waals surface area contributed by atoms with Gasteiger partial charge in [0.2, 0.25) is 0 Å². The standard InChI is InChI=1S/C18H28N2/c1-15(12-17-8-4-3-5-9-17)20-14-18-10-6-7-11-19(18)13-16(20)2/h3-5,8-9,15-16,18H,6-7,10-14H2,1-2H3. The first-order valence-electron chi connectivity index (χ1n) is 8.28. The molecule has 2 heteroatoms. The van der Waals surface area contributed by atoms with Crippen LogP contribution in [0.1, 0.15) is 38.7 Å². The van der Waals surface area contributed by atoms with Crippen LogP contribution < -0.4 is 0 Å². The van der Waals surface area contributed by atoms with E-state index in [0.29, 0.717) is 12.1 Å². The minimum absolute atomic E-state index is 0.650. The van der Waals surface area contributed by atoms with Crippen molar-refractivity contribution >= 4 is 0 Å². The summed E-state index contributed by atoms with van der Waals surface area (Å²) in [6.07, 6.45) is 5.42. The van der Waals surface area contributed by atoms with Gasteiger partial charge in [0.15, 0.2) is 0 Å². The van der Waals surface area contributed by atoms with Crippen LogP contribution in [0, 0.1) is 0 Å². The number of benzene rings is 1. The molecule has 0 aliphatic carbocycles. The van der Waals surface area contributed by atoms with Gasteiger partial charge >= 0.3 is 0 Å². The number of fused-ring (bicyclic) bond motifs is 1. The van der Waals surface area contributed by atoms with E-state index in [1.54, 1.807) is 0 Å². The quantitative estimate of drug-likeness (QED) is 0.834. The van der Waals surface area contributed by atoms with Crippen LogP contribution in [0.4, 0.5) is 0 Å². The molecule has 110 valence electrons. The topological polar surface area (TPSA) is 6.48 Å². The predicted octanol–water partition coefficient (Wildman–Crippen LogP) is 3.18. The molecule has 3 unspecified atom stereocenters. The molecule has 20 heavy (non-hydrogen) atoms. The summed E-state index contributed by atoms with van der Waals surface area (Å²) < 4.78 is 0. The molecule has 0 bridgehead atoms. The molecule has 0 N–H and O–H groups in total. The molecule has 2 nitrogen and oxygen atoms in total. The molecule has 0 aromatic heterocycles. The molecule has 0 radical (unpaired) electrons. The number of nitrogens with zero attached hydrogens (tertiary/aromatic N) is 2. The Hall–Kier alpha value is -0.860. The SMILES string of the molecule is CC(Cc1ccccc1)N1CC2CCCCN2CC1C. The van der Waals surface area contributed by atoms with E-state index in [1.807, 2.05) is 0 Å². The summed E-state index contributed by atoms with van der Waals surface area (Å²) in [5.74, 6) is 0. The van der Waals surface area contributed by atoms with Crippen molar-refractivity contribution in [2.24, 2.45) is 0 Å². The molecular formula is C18H28N2. The highest BCUT2D eigenvalue weighted by Gasteiger charge is 2.34. The van der Waals surface area contributed by atoms with Crippen molar-refractivity contribution in [2.45, 2.75) is 57.7 Å². The lowest BCUT2D eigenvalue weighted by molar-refractivity contribution is -0.00385. The van der Waals surface area contributed by atoms with Crippen LogP contribution in [0.25, 0.3) is 0 Å². The third-order valence-electron chi connectivity index (χ3n) is 5.18. The summed E-state index contributed by atoms with van der Waals surface area (Å²) in [7, 11) is 0. The zero-order valence-corrected chi connectivity index (χ0v) is 13.0. The lowest BCUT2D eigenvalue weighted by Crippen LogP contribution is -2.60. The number of rotatable bonds is 3. The summed E-state index contributed by atoms with van der Waals surface area (Å²) in [5.41, 5.74) is 1.47. The van der Waals surface area contributed by atoms with Crippen LogP contribution in [0.3, 0.4) is 0 Å². The largest absolute Gasteiger partial charge is 0.298 e. The molecule has 3 atom stereocenters. The van der Waals surface area contributed by atoms with Gasteiger partial charge in [-0.3, -0.25) is 9.80 Å². The van der Waals surface area contributed by atoms with E-state index in [2.05, 4.69) is 54.0 Å². The Morgan fingerprint density at radius 3 is 2.75 bits per heavy atom. The summed E-state index contributed by atoms with van der Waals surface area (Å²) in [6.45, 7) is 8.68. The average Bonchev–Trinajstić information content (AvgIpc) is 2.47. The second-order valence-corrected chi connectivity index (χ2v) is 6.73. The Morgan fingerprint density at radius 2 is 1.95 bits per heavy atom. The molecule has 2 saturated heterocycles. The first-order chi connectivity index (χ1) is 9.74. The van der Waals surface area contributed by atoms with E-state index in [0.717, 1.165) is 6.04 Å². The van der Waals surface area contributed by atoms with Crippen molar-refractivity contribution in [1.82, 2.24) is 9.80 Å². The van der Waals surface area contributed by atoms with Crippen LogP contribution in [0.5, 0.6) is 0 Å². The first-order valence-corrected chi connectivity index (χ1v) is 8.28. The van der Waals surface area contributed by atoms with E-state index in [9.17, 15) is 0 Å². The van der Waals surface area contributed by atoms with E-state index < -0.39 is 0 Å². The fourth-order valence-corrected chi connectivity index (χ4v) is 4.06. The van der Waals surface area contributed by atoms with Gasteiger partial charge in [-0.1, -0.05) is 36.8 Å². The van der Waals surface area contributed by atoms with Crippen LogP contribution in [-0.4, -0.2) is 47.6 Å². The second kappa shape index (κ2) is 6.28. The Balaban J connectivity index is 1.63. The van der Waals surface area contributed by atoms with Gasteiger partial charge in [-0.25, -0.2) is 0 Å². The fraction of sp³-hybridized carbons (Fsp3) is 0.667. The third kappa shape index (κ3) is 3.07. The molecule has 0 saturated carbocycles. The lowest BCUT2D eigenvalue weighted by atomic mass is 9.95. The van der Waals surface area contributed by atoms with Crippen molar-refractivity contribution in [3.8, 4) is 0 Å². The Kier molecular flexibility index (Phi) is 4.42. The smallest absolute Gasteiger partial charge is 0.0224 e. The van der Waals surface area contributed by atoms with Gasteiger partial charge in [0.1, 0.15) is 0 Å². The second-order valence-electron chi connectivity index (χ2n) is 6.73. The lowest BCUT2D eigenvalue weighted by Gasteiger charge is -2.49. The van der Waals surface area contributed by atoms with E-state index >= 15 is 0 Å². The van der Waals surface area contributed by atoms with Gasteiger partial charge in [0, 0.05) is 31.2 Å². The molecule has 0 spiro atoms. The maximum Gasteiger partial charge on any atom is 0.0224 e. The number of piperidine rings is 1. The predicted molar refractivity (Wildman–Crippen MR) is 85.0 cm³/mol. The maximum absolute atomic E-state index is 2.75. The first kappa shape index (κ1) is 14.1. The monoisotopic (exact) mass is 272 g/mol. The molecule has 1 aromatic carbocycles. The third-order valence-corrected chi connectivity index (χ3v) is 5.18. The van der Waals surface area contributed by atoms with Gasteiger partial charge < -0.3 is 0 Å². The zero-order chi connectivity index (χ0) is 13.9. The van der Waals surface area contributed by atoms with Gasteiger partial charge in [-0.2, -0.15) is 0 Å². The Morgan fingerprint density at radius 1 is 1.15 bits per heavy atom. The summed E-state index contributed by atoms with van der Waals surface area (Å²) >= 11 is 0. The normalized spacial score (nSPS) is 29.9. The molecule has 0 amide bonds. The number of hydrogen-bond acceptors (Lipinski definition) is 2. The van der Waals surface area contributed by atoms with E-state index in [-0.39, 0.29) is 0 Å². The summed E-state index contributed by atoms with van der Waals surface area (Å²) in [4.78, 5) is 5.49. The molecule has 2 aliphatic heterocycles. The number of piperazine rings is 1. The van der Waals surface area contributed by atoms with Crippen molar-refractivity contribution in [3.05, 3.63) is 35.9 Å². The van der Waals surface area contributed by atoms with Crippen molar-refractivity contribution in [3.63, 3.8) is 0 Å². The van der Waals surface area contributed by atoms with Crippen LogP contribution in [-0.2, 0) is 6.42 Å². The van der Waals surface area contributed by atoms with Gasteiger partial charge in [-0.15, -0.1) is 0 Å². The molecular weight excluding hydrogens is 244 g/mol. The zero-order valence-electron chi connectivity index (χ0n) is 13.0. The van der Waals surface area contributed by atoms with E-state index in [4.69, 9.17) is 0 Å². The minimum Gasteiger partial charge on any atom is -0.298 e. The highest BCUT2D eigenvalue weighted by molar-refractivity contribution is 5.16. The minimum atomic E-state index is 0.650. The summed E-state index contributed by atoms with van der Waals surface area (Å²) in [6, 6.07) is 13.1. The number of hydrogen-bond donors (Lipinski definition) is 0. The molecule has 2 aliphatic rings. The van der Waals surface area contributed by atoms with Gasteiger partial charge in [0.05, 0.1) is 0 Å². The van der Waals surface area contributed by atoms with Crippen LogP contribution >= 0.6 is 0 Å². The van der Waals surface area contributed by atoms with Crippen LogP contribution in [0.2, 0.25) is 0 Å². The molecule has 1 aromatic rings. The highest BCUT2D eigenvalue weighted by Crippen LogP contribution is 2.26. The maximum atomic E-state index is 2.75. The molecule has 3 rings (SSSR count). The van der Waals surface area contributed by atoms with Crippen molar-refractivity contribution in [2.75, 3.05) is 19.6 Å². The fourth-order valence-electron chi connectivity index (χ4n) is 4.06. The van der Waals surface area contributed by atoms with Crippen molar-refractivity contribution < 1.29 is 0 Å². The Labute approximate surface area is 123 Å². The van der Waals surface area contributed by atoms with E-state index in [1.165, 1.54) is 50.9 Å². The van der Waals surface area contributed by atoms with Gasteiger partial charge in [0.25, 0.3) is 0 Å². The molecule has 2 heterocycles. The highest BCUT2D eigenvalue weighted by atomic mass is 15.3. The van der Waals surface area contributed by atoms with Crippen LogP contribution in [0.15, 0.2) is 30.3 Å². The van der Waals surface area contributed by atoms with Crippen molar-refractivity contribution in [1.29, 1.82) is 0 Å². The summed E-state index contributed by atoms with van der Waals surface area (Å²) in [5, 5.41) is 0. The average molecular weight is 272 g/mol. The Bertz CT molecular complexity index is 417.